The van der Waals surface area contributed by atoms with E-state index in [-0.39, 0.29) is 54.9 Å². The van der Waals surface area contributed by atoms with E-state index in [9.17, 15) is 14.0 Å². The summed E-state index contributed by atoms with van der Waals surface area (Å²) in [5.41, 5.74) is 0.159. The fraction of sp³-hybridized carbons (Fsp3) is 0.652. The van der Waals surface area contributed by atoms with Crippen molar-refractivity contribution in [1.29, 1.82) is 0 Å². The monoisotopic (exact) mass is 432 g/mol. The Kier molecular flexibility index (Phi) is 5.38. The van der Waals surface area contributed by atoms with E-state index in [4.69, 9.17) is 14.2 Å². The molecule has 1 aliphatic carbocycles. The second kappa shape index (κ2) is 8.06. The number of nitrogens with one attached hydrogen (secondary N) is 1. The Hall–Kier alpha value is -2.19. The van der Waals surface area contributed by atoms with Gasteiger partial charge in [-0.25, -0.2) is 4.39 Å². The number of amides is 2. The van der Waals surface area contributed by atoms with Crippen LogP contribution in [0.2, 0.25) is 0 Å². The second-order valence-electron chi connectivity index (χ2n) is 9.32. The summed E-state index contributed by atoms with van der Waals surface area (Å²) >= 11 is 0. The van der Waals surface area contributed by atoms with Crippen molar-refractivity contribution in [2.24, 2.45) is 0 Å². The first kappa shape index (κ1) is 20.7. The molecule has 7 nitrogen and oxygen atoms in total. The normalized spacial score (nSPS) is 36.0. The minimum atomic E-state index is -0.676. The van der Waals surface area contributed by atoms with E-state index in [0.717, 1.165) is 31.2 Å². The highest BCUT2D eigenvalue weighted by Crippen LogP contribution is 2.41. The number of rotatable bonds is 0. The van der Waals surface area contributed by atoms with E-state index in [1.165, 1.54) is 6.07 Å². The van der Waals surface area contributed by atoms with Gasteiger partial charge in [0.25, 0.3) is 5.91 Å². The minimum Gasteiger partial charge on any atom is -0.480 e. The molecule has 1 aromatic rings. The molecule has 6 rings (SSSR count). The van der Waals surface area contributed by atoms with Gasteiger partial charge in [0.05, 0.1) is 30.9 Å². The number of para-hydroxylation sites is 1. The zero-order chi connectivity index (χ0) is 21.6. The Labute approximate surface area is 181 Å². The van der Waals surface area contributed by atoms with Crippen molar-refractivity contribution >= 4 is 11.8 Å². The topological polar surface area (TPSA) is 77.1 Å². The van der Waals surface area contributed by atoms with Crippen molar-refractivity contribution in [3.8, 4) is 5.75 Å². The van der Waals surface area contributed by atoms with Crippen LogP contribution in [0.3, 0.4) is 0 Å². The summed E-state index contributed by atoms with van der Waals surface area (Å²) in [5, 5.41) is 3.10. The van der Waals surface area contributed by atoms with E-state index in [2.05, 4.69) is 5.32 Å². The second-order valence-corrected chi connectivity index (χ2v) is 9.32. The highest BCUT2D eigenvalue weighted by atomic mass is 19.1. The lowest BCUT2D eigenvalue weighted by Crippen LogP contribution is -2.65. The summed E-state index contributed by atoms with van der Waals surface area (Å²) in [6.07, 6.45) is 4.16. The van der Waals surface area contributed by atoms with Crippen LogP contribution in [0.25, 0.3) is 0 Å². The summed E-state index contributed by atoms with van der Waals surface area (Å²) < 4.78 is 32.4. The fourth-order valence-electron chi connectivity index (χ4n) is 5.93. The zero-order valence-electron chi connectivity index (χ0n) is 17.8. The van der Waals surface area contributed by atoms with Gasteiger partial charge in [0, 0.05) is 11.6 Å². The summed E-state index contributed by atoms with van der Waals surface area (Å²) in [6.45, 7) is 2.40. The van der Waals surface area contributed by atoms with Crippen LogP contribution in [0, 0.1) is 5.82 Å². The van der Waals surface area contributed by atoms with Crippen LogP contribution in [0.1, 0.15) is 50.5 Å². The number of ether oxygens (including phenoxy) is 3. The Morgan fingerprint density at radius 3 is 2.74 bits per heavy atom. The Morgan fingerprint density at radius 2 is 1.97 bits per heavy atom. The molecule has 0 aromatic heterocycles. The molecule has 4 heterocycles. The lowest BCUT2D eigenvalue weighted by Gasteiger charge is -2.41. The molecule has 1 aromatic carbocycles. The molecule has 8 heteroatoms. The largest absolute Gasteiger partial charge is 0.480 e. The molecule has 4 aliphatic heterocycles. The number of hydrogen-bond acceptors (Lipinski definition) is 5. The van der Waals surface area contributed by atoms with E-state index in [1.807, 2.05) is 13.0 Å². The molecule has 2 saturated heterocycles. The van der Waals surface area contributed by atoms with Gasteiger partial charge in [0.1, 0.15) is 6.61 Å². The van der Waals surface area contributed by atoms with Crippen molar-refractivity contribution < 1.29 is 28.2 Å². The van der Waals surface area contributed by atoms with Gasteiger partial charge in [-0.1, -0.05) is 12.1 Å². The predicted octanol–water partition coefficient (Wildman–Crippen LogP) is 2.14. The Morgan fingerprint density at radius 1 is 1.16 bits per heavy atom. The molecule has 5 aliphatic rings. The number of nitrogens with zero attached hydrogens (tertiary/aromatic N) is 1. The highest BCUT2D eigenvalue weighted by molar-refractivity contribution is 5.81. The molecule has 0 radical (unpaired) electrons. The van der Waals surface area contributed by atoms with Crippen molar-refractivity contribution in [2.45, 2.75) is 68.7 Å². The van der Waals surface area contributed by atoms with Crippen LogP contribution < -0.4 is 10.1 Å². The Balaban J connectivity index is 1.49. The molecule has 0 unspecified atom stereocenters. The summed E-state index contributed by atoms with van der Waals surface area (Å²) in [5.74, 6) is -0.472. The van der Waals surface area contributed by atoms with Gasteiger partial charge >= 0.3 is 0 Å². The van der Waals surface area contributed by atoms with Gasteiger partial charge < -0.3 is 24.4 Å². The van der Waals surface area contributed by atoms with Gasteiger partial charge in [-0.15, -0.1) is 0 Å². The van der Waals surface area contributed by atoms with E-state index in [1.54, 1.807) is 11.0 Å². The van der Waals surface area contributed by atoms with Gasteiger partial charge in [-0.3, -0.25) is 9.59 Å². The van der Waals surface area contributed by atoms with Crippen LogP contribution in [-0.2, 0) is 19.1 Å². The third-order valence-electron chi connectivity index (χ3n) is 7.32. The predicted molar refractivity (Wildman–Crippen MR) is 109 cm³/mol. The quantitative estimate of drug-likeness (QED) is 0.680. The molecule has 3 fully saturated rings. The number of carbonyl (C=O) groups excluding carboxylic acids is 2. The third-order valence-corrected chi connectivity index (χ3v) is 7.32. The standard InChI is InChI=1S/C23H29FN2O5/c1-14-9-23(13-29-11-20(27)25-23)19-10-30-16-7-5-15(6-8-16)17-3-2-4-18(24)22(17)31-12-21(28)26(14)19/h2-4,14-16,19H,5-13H2,1H3,(H,25,27)/t14-,15-,16+,19+,23-/m1/s1. The maximum atomic E-state index is 14.7. The zero-order valence-corrected chi connectivity index (χ0v) is 17.8. The summed E-state index contributed by atoms with van der Waals surface area (Å²) in [6, 6.07) is 4.49. The van der Waals surface area contributed by atoms with Crippen LogP contribution in [0.4, 0.5) is 4.39 Å². The number of halogens is 1. The average Bonchev–Trinajstić information content (AvgIpc) is 3.01. The van der Waals surface area contributed by atoms with Crippen LogP contribution in [0.5, 0.6) is 5.75 Å². The molecular weight excluding hydrogens is 403 g/mol. The first-order valence-corrected chi connectivity index (χ1v) is 11.2. The van der Waals surface area contributed by atoms with Crippen LogP contribution in [0.15, 0.2) is 18.2 Å². The SMILES string of the molecule is C[C@@H]1C[C@@]2(COCC(=O)N2)[C@@H]2CO[C@H]3CC[C@H](CC3)c3cccc(F)c3OCC(=O)N12. The number of fused-ring (bicyclic) bond motifs is 5. The first-order chi connectivity index (χ1) is 15.0. The van der Waals surface area contributed by atoms with E-state index in [0.29, 0.717) is 19.6 Å². The molecule has 2 bridgehead atoms. The fourth-order valence-corrected chi connectivity index (χ4v) is 5.93. The van der Waals surface area contributed by atoms with Crippen molar-refractivity contribution in [3.63, 3.8) is 0 Å². The van der Waals surface area contributed by atoms with Gasteiger partial charge in [0.2, 0.25) is 5.91 Å². The number of morpholine rings is 1. The number of benzene rings is 1. The molecular formula is C23H29FN2O5. The van der Waals surface area contributed by atoms with E-state index < -0.39 is 11.4 Å². The highest BCUT2D eigenvalue weighted by Gasteiger charge is 2.55. The average molecular weight is 432 g/mol. The minimum absolute atomic E-state index is 0.0286. The summed E-state index contributed by atoms with van der Waals surface area (Å²) in [4.78, 5) is 27.2. The molecule has 1 N–H and O–H groups in total. The summed E-state index contributed by atoms with van der Waals surface area (Å²) in [7, 11) is 0. The smallest absolute Gasteiger partial charge is 0.261 e. The molecule has 168 valence electrons. The van der Waals surface area contributed by atoms with E-state index >= 15 is 0 Å². The van der Waals surface area contributed by atoms with Crippen LogP contribution >= 0.6 is 0 Å². The number of carbonyl (C=O) groups is 2. The first-order valence-electron chi connectivity index (χ1n) is 11.2. The lowest BCUT2D eigenvalue weighted by molar-refractivity contribution is -0.145. The number of hydrogen-bond donors (Lipinski definition) is 1. The van der Waals surface area contributed by atoms with Gasteiger partial charge in [-0.2, -0.15) is 0 Å². The van der Waals surface area contributed by atoms with Gasteiger partial charge in [0.15, 0.2) is 18.2 Å². The maximum absolute atomic E-state index is 14.7. The molecule has 3 atom stereocenters. The van der Waals surface area contributed by atoms with Gasteiger partial charge in [-0.05, 0) is 51.0 Å². The Bertz CT molecular complexity index is 872. The third kappa shape index (κ3) is 3.69. The molecule has 1 spiro atoms. The van der Waals surface area contributed by atoms with Crippen molar-refractivity contribution in [2.75, 3.05) is 26.4 Å². The van der Waals surface area contributed by atoms with Crippen molar-refractivity contribution in [3.05, 3.63) is 29.6 Å². The molecule has 2 amide bonds. The van der Waals surface area contributed by atoms with Crippen LogP contribution in [-0.4, -0.2) is 66.9 Å². The van der Waals surface area contributed by atoms with Crippen molar-refractivity contribution in [1.82, 2.24) is 10.2 Å². The molecule has 31 heavy (non-hydrogen) atoms. The maximum Gasteiger partial charge on any atom is 0.261 e. The molecule has 1 saturated carbocycles. The lowest BCUT2D eigenvalue weighted by atomic mass is 9.82.